The zero-order chi connectivity index (χ0) is 10.6. The summed E-state index contributed by atoms with van der Waals surface area (Å²) < 4.78 is 0. The van der Waals surface area contributed by atoms with E-state index in [1.54, 1.807) is 12.1 Å². The highest BCUT2D eigenvalue weighted by molar-refractivity contribution is 6.29. The predicted molar refractivity (Wildman–Crippen MR) is 56.6 cm³/mol. The monoisotopic (exact) mass is 230 g/mol. The molecule has 14 heavy (non-hydrogen) atoms. The highest BCUT2D eigenvalue weighted by Gasteiger charge is 2.04. The molecule has 0 bridgehead atoms. The quantitative estimate of drug-likeness (QED) is 0.810. The highest BCUT2D eigenvalue weighted by Crippen LogP contribution is 2.05. The van der Waals surface area contributed by atoms with Crippen LogP contribution in [0, 0.1) is 0 Å². The van der Waals surface area contributed by atoms with Crippen LogP contribution in [-0.2, 0) is 0 Å². The summed E-state index contributed by atoms with van der Waals surface area (Å²) in [4.78, 5) is 15.1. The standard InChI is InChI=1S/C9H8Cl2N2O/c1-6(10)4-13-9(14)7-2-3-8(11)12-5-7/h2-3,5H,1,4H2,(H,13,14). The topological polar surface area (TPSA) is 42.0 Å². The maximum atomic E-state index is 11.4. The Bertz CT molecular complexity index is 348. The number of halogens is 2. The molecule has 74 valence electrons. The fourth-order valence-corrected chi connectivity index (χ4v) is 0.967. The van der Waals surface area contributed by atoms with Crippen LogP contribution in [0.5, 0.6) is 0 Å². The van der Waals surface area contributed by atoms with Crippen LogP contribution in [0.4, 0.5) is 0 Å². The molecule has 0 saturated heterocycles. The number of carbonyl (C=O) groups excluding carboxylic acids is 1. The van der Waals surface area contributed by atoms with Gasteiger partial charge < -0.3 is 5.32 Å². The summed E-state index contributed by atoms with van der Waals surface area (Å²) in [6, 6.07) is 3.13. The van der Waals surface area contributed by atoms with Crippen molar-refractivity contribution in [3.8, 4) is 0 Å². The summed E-state index contributed by atoms with van der Waals surface area (Å²) >= 11 is 11.1. The summed E-state index contributed by atoms with van der Waals surface area (Å²) in [7, 11) is 0. The Labute approximate surface area is 91.7 Å². The smallest absolute Gasteiger partial charge is 0.253 e. The van der Waals surface area contributed by atoms with Gasteiger partial charge in [-0.3, -0.25) is 4.79 Å². The second kappa shape index (κ2) is 4.98. The summed E-state index contributed by atoms with van der Waals surface area (Å²) in [6.07, 6.45) is 1.40. The van der Waals surface area contributed by atoms with E-state index in [0.29, 0.717) is 15.7 Å². The lowest BCUT2D eigenvalue weighted by Gasteiger charge is -2.02. The molecule has 0 aromatic carbocycles. The number of nitrogens with zero attached hydrogens (tertiary/aromatic N) is 1. The summed E-state index contributed by atoms with van der Waals surface area (Å²) in [5.74, 6) is -0.254. The lowest BCUT2D eigenvalue weighted by Crippen LogP contribution is -2.24. The fraction of sp³-hybridized carbons (Fsp3) is 0.111. The summed E-state index contributed by atoms with van der Waals surface area (Å²) in [5, 5.41) is 3.29. The van der Waals surface area contributed by atoms with Crippen molar-refractivity contribution in [2.45, 2.75) is 0 Å². The molecule has 0 aliphatic heterocycles. The minimum Gasteiger partial charge on any atom is -0.347 e. The molecule has 5 heteroatoms. The lowest BCUT2D eigenvalue weighted by atomic mass is 10.3. The Morgan fingerprint density at radius 3 is 2.79 bits per heavy atom. The molecule has 0 spiro atoms. The van der Waals surface area contributed by atoms with Crippen LogP contribution in [-0.4, -0.2) is 17.4 Å². The molecule has 1 aromatic rings. The molecule has 1 heterocycles. The van der Waals surface area contributed by atoms with Crippen molar-refractivity contribution < 1.29 is 4.79 Å². The first-order valence-electron chi connectivity index (χ1n) is 3.82. The lowest BCUT2D eigenvalue weighted by molar-refractivity contribution is 0.0957. The Morgan fingerprint density at radius 2 is 2.29 bits per heavy atom. The number of hydrogen-bond donors (Lipinski definition) is 1. The van der Waals surface area contributed by atoms with Gasteiger partial charge in [-0.2, -0.15) is 0 Å². The molecule has 0 unspecified atom stereocenters. The normalized spacial score (nSPS) is 9.57. The molecule has 0 atom stereocenters. The predicted octanol–water partition coefficient (Wildman–Crippen LogP) is 2.22. The van der Waals surface area contributed by atoms with E-state index in [2.05, 4.69) is 16.9 Å². The first-order chi connectivity index (χ1) is 6.59. The summed E-state index contributed by atoms with van der Waals surface area (Å²) in [6.45, 7) is 3.69. The molecule has 1 rings (SSSR count). The molecule has 0 aliphatic carbocycles. The Balaban J connectivity index is 2.61. The third-order valence-corrected chi connectivity index (χ3v) is 1.79. The number of carbonyl (C=O) groups is 1. The third-order valence-electron chi connectivity index (χ3n) is 1.43. The second-order valence-corrected chi connectivity index (χ2v) is 3.49. The second-order valence-electron chi connectivity index (χ2n) is 2.57. The molecule has 0 radical (unpaired) electrons. The van der Waals surface area contributed by atoms with Gasteiger partial charge >= 0.3 is 0 Å². The van der Waals surface area contributed by atoms with Gasteiger partial charge in [0.25, 0.3) is 5.91 Å². The minimum atomic E-state index is -0.254. The van der Waals surface area contributed by atoms with E-state index in [0.717, 1.165) is 0 Å². The molecule has 1 aromatic heterocycles. The number of amides is 1. The largest absolute Gasteiger partial charge is 0.347 e. The van der Waals surface area contributed by atoms with E-state index in [-0.39, 0.29) is 12.5 Å². The van der Waals surface area contributed by atoms with Gasteiger partial charge in [0.15, 0.2) is 0 Å². The Hall–Kier alpha value is -1.06. The van der Waals surface area contributed by atoms with Crippen LogP contribution in [0.3, 0.4) is 0 Å². The van der Waals surface area contributed by atoms with Crippen molar-refractivity contribution in [2.75, 3.05) is 6.54 Å². The van der Waals surface area contributed by atoms with Crippen LogP contribution in [0.15, 0.2) is 29.9 Å². The average Bonchev–Trinajstić information content (AvgIpc) is 2.15. The van der Waals surface area contributed by atoms with Crippen molar-refractivity contribution in [1.29, 1.82) is 0 Å². The molecule has 3 nitrogen and oxygen atoms in total. The van der Waals surface area contributed by atoms with Crippen molar-refractivity contribution >= 4 is 29.1 Å². The van der Waals surface area contributed by atoms with Gasteiger partial charge in [-0.25, -0.2) is 4.98 Å². The minimum absolute atomic E-state index is 0.239. The van der Waals surface area contributed by atoms with Gasteiger partial charge in [-0.15, -0.1) is 0 Å². The van der Waals surface area contributed by atoms with E-state index in [1.165, 1.54) is 6.20 Å². The van der Waals surface area contributed by atoms with Gasteiger partial charge in [0.2, 0.25) is 0 Å². The van der Waals surface area contributed by atoms with Gasteiger partial charge in [0, 0.05) is 11.2 Å². The van der Waals surface area contributed by atoms with E-state index < -0.39 is 0 Å². The maximum absolute atomic E-state index is 11.4. The first-order valence-corrected chi connectivity index (χ1v) is 4.58. The van der Waals surface area contributed by atoms with Crippen LogP contribution < -0.4 is 5.32 Å². The number of aromatic nitrogens is 1. The Morgan fingerprint density at radius 1 is 1.57 bits per heavy atom. The maximum Gasteiger partial charge on any atom is 0.253 e. The average molecular weight is 231 g/mol. The molecular weight excluding hydrogens is 223 g/mol. The van der Waals surface area contributed by atoms with Crippen molar-refractivity contribution in [2.24, 2.45) is 0 Å². The van der Waals surface area contributed by atoms with E-state index >= 15 is 0 Å². The fourth-order valence-electron chi connectivity index (χ4n) is 0.788. The molecule has 1 N–H and O–H groups in total. The van der Waals surface area contributed by atoms with Gasteiger partial charge in [-0.1, -0.05) is 29.8 Å². The van der Waals surface area contributed by atoms with E-state index in [4.69, 9.17) is 23.2 Å². The molecule has 0 aliphatic rings. The van der Waals surface area contributed by atoms with Crippen LogP contribution >= 0.6 is 23.2 Å². The Kier molecular flexibility index (Phi) is 3.92. The highest BCUT2D eigenvalue weighted by atomic mass is 35.5. The molecule has 1 amide bonds. The molecule has 0 saturated carbocycles. The number of hydrogen-bond acceptors (Lipinski definition) is 2. The van der Waals surface area contributed by atoms with Crippen LogP contribution in [0.25, 0.3) is 0 Å². The number of pyridine rings is 1. The zero-order valence-electron chi connectivity index (χ0n) is 7.26. The van der Waals surface area contributed by atoms with Crippen molar-refractivity contribution in [3.63, 3.8) is 0 Å². The SMILES string of the molecule is C=C(Cl)CNC(=O)c1ccc(Cl)nc1. The number of rotatable bonds is 3. The van der Waals surface area contributed by atoms with Gasteiger partial charge in [-0.05, 0) is 12.1 Å². The number of nitrogens with one attached hydrogen (secondary N) is 1. The van der Waals surface area contributed by atoms with E-state index in [1.807, 2.05) is 0 Å². The molecule has 0 fully saturated rings. The first kappa shape index (κ1) is 11.0. The summed E-state index contributed by atoms with van der Waals surface area (Å²) in [5.41, 5.74) is 0.437. The molecular formula is C9H8Cl2N2O. The third kappa shape index (κ3) is 3.36. The van der Waals surface area contributed by atoms with Crippen LogP contribution in [0.1, 0.15) is 10.4 Å². The van der Waals surface area contributed by atoms with Gasteiger partial charge in [0.1, 0.15) is 5.15 Å². The zero-order valence-corrected chi connectivity index (χ0v) is 8.77. The van der Waals surface area contributed by atoms with Crippen molar-refractivity contribution in [3.05, 3.63) is 40.7 Å². The van der Waals surface area contributed by atoms with Gasteiger partial charge in [0.05, 0.1) is 12.1 Å². The van der Waals surface area contributed by atoms with Crippen molar-refractivity contribution in [1.82, 2.24) is 10.3 Å². The van der Waals surface area contributed by atoms with E-state index in [9.17, 15) is 4.79 Å². The van der Waals surface area contributed by atoms with Crippen LogP contribution in [0.2, 0.25) is 5.15 Å².